The zero-order valence-electron chi connectivity index (χ0n) is 14.5. The Balaban J connectivity index is 1.27. The van der Waals surface area contributed by atoms with Crippen LogP contribution in [0.15, 0.2) is 18.2 Å². The summed E-state index contributed by atoms with van der Waals surface area (Å²) in [6.45, 7) is 3.37. The van der Waals surface area contributed by atoms with Gasteiger partial charge in [-0.1, -0.05) is 17.7 Å². The van der Waals surface area contributed by atoms with Gasteiger partial charge < -0.3 is 20.3 Å². The third-order valence-electron chi connectivity index (χ3n) is 5.76. The molecule has 5 nitrogen and oxygen atoms in total. The molecule has 3 heterocycles. The number of nitrogens with one attached hydrogen (secondary N) is 2. The molecular formula is C19H26ClN3O2. The number of likely N-dealkylation sites (tertiary alicyclic amines) is 1. The first-order valence-electron chi connectivity index (χ1n) is 9.39. The van der Waals surface area contributed by atoms with E-state index in [1.165, 1.54) is 12.8 Å². The lowest BCUT2D eigenvalue weighted by atomic mass is 9.89. The Kier molecular flexibility index (Phi) is 5.04. The van der Waals surface area contributed by atoms with Crippen molar-refractivity contribution in [2.24, 2.45) is 5.92 Å². The molecule has 0 bridgehead atoms. The Bertz CT molecular complexity index is 625. The number of urea groups is 1. The fourth-order valence-corrected chi connectivity index (χ4v) is 4.49. The van der Waals surface area contributed by atoms with E-state index in [2.05, 4.69) is 10.6 Å². The minimum Gasteiger partial charge on any atom is -0.491 e. The van der Waals surface area contributed by atoms with Gasteiger partial charge in [0.15, 0.2) is 0 Å². The van der Waals surface area contributed by atoms with E-state index in [0.717, 1.165) is 56.1 Å². The van der Waals surface area contributed by atoms with Gasteiger partial charge in [0.2, 0.25) is 0 Å². The van der Waals surface area contributed by atoms with E-state index in [1.807, 2.05) is 23.1 Å². The Labute approximate surface area is 154 Å². The lowest BCUT2D eigenvalue weighted by molar-refractivity contribution is 0.150. The van der Waals surface area contributed by atoms with E-state index in [9.17, 15) is 4.79 Å². The van der Waals surface area contributed by atoms with Crippen LogP contribution in [0.3, 0.4) is 0 Å². The topological polar surface area (TPSA) is 53.6 Å². The zero-order valence-corrected chi connectivity index (χ0v) is 15.2. The molecule has 1 aromatic carbocycles. The molecule has 2 saturated heterocycles. The van der Waals surface area contributed by atoms with Gasteiger partial charge >= 0.3 is 6.03 Å². The first-order valence-corrected chi connectivity index (χ1v) is 9.77. The largest absolute Gasteiger partial charge is 0.491 e. The normalized spacial score (nSPS) is 26.8. The predicted octanol–water partition coefficient (Wildman–Crippen LogP) is 2.82. The smallest absolute Gasteiger partial charge is 0.317 e. The van der Waals surface area contributed by atoms with Crippen molar-refractivity contribution in [1.29, 1.82) is 0 Å². The zero-order chi connectivity index (χ0) is 17.2. The molecule has 2 amide bonds. The SMILES string of the molecule is O=C(NC1COc2cc(Cl)ccc2C1)N1CCC(C2CCCN2)CC1. The highest BCUT2D eigenvalue weighted by molar-refractivity contribution is 6.30. The van der Waals surface area contributed by atoms with E-state index >= 15 is 0 Å². The molecule has 25 heavy (non-hydrogen) atoms. The molecule has 2 fully saturated rings. The third kappa shape index (κ3) is 3.87. The van der Waals surface area contributed by atoms with Crippen molar-refractivity contribution >= 4 is 17.6 Å². The number of hydrogen-bond acceptors (Lipinski definition) is 3. The molecule has 2 unspecified atom stereocenters. The molecule has 136 valence electrons. The van der Waals surface area contributed by atoms with Gasteiger partial charge in [-0.2, -0.15) is 0 Å². The summed E-state index contributed by atoms with van der Waals surface area (Å²) in [4.78, 5) is 14.5. The molecule has 6 heteroatoms. The number of fused-ring (bicyclic) bond motifs is 1. The van der Waals surface area contributed by atoms with E-state index in [1.54, 1.807) is 0 Å². The number of amides is 2. The van der Waals surface area contributed by atoms with Crippen LogP contribution in [0, 0.1) is 5.92 Å². The quantitative estimate of drug-likeness (QED) is 0.849. The maximum absolute atomic E-state index is 12.6. The average Bonchev–Trinajstić information content (AvgIpc) is 3.17. The van der Waals surface area contributed by atoms with Crippen molar-refractivity contribution in [3.05, 3.63) is 28.8 Å². The standard InChI is InChI=1S/C19H26ClN3O2/c20-15-4-3-14-10-16(12-25-18(14)11-15)22-19(24)23-8-5-13(6-9-23)17-2-1-7-21-17/h3-4,11,13,16-17,21H,1-2,5-10,12H2,(H,22,24). The molecule has 0 saturated carbocycles. The maximum Gasteiger partial charge on any atom is 0.317 e. The molecule has 2 N–H and O–H groups in total. The van der Waals surface area contributed by atoms with Crippen molar-refractivity contribution < 1.29 is 9.53 Å². The highest BCUT2D eigenvalue weighted by atomic mass is 35.5. The second-order valence-electron chi connectivity index (χ2n) is 7.44. The molecule has 4 rings (SSSR count). The first-order chi connectivity index (χ1) is 12.2. The van der Waals surface area contributed by atoms with Gasteiger partial charge in [-0.05, 0) is 62.3 Å². The van der Waals surface area contributed by atoms with Gasteiger partial charge in [0.1, 0.15) is 12.4 Å². The number of piperidine rings is 1. The van der Waals surface area contributed by atoms with Crippen LogP contribution in [0.4, 0.5) is 4.79 Å². The van der Waals surface area contributed by atoms with Crippen LogP contribution in [0.2, 0.25) is 5.02 Å². The summed E-state index contributed by atoms with van der Waals surface area (Å²) in [6.07, 6.45) is 5.58. The lowest BCUT2D eigenvalue weighted by Crippen LogP contribution is -2.52. The average molecular weight is 364 g/mol. The third-order valence-corrected chi connectivity index (χ3v) is 5.99. The van der Waals surface area contributed by atoms with Crippen LogP contribution in [-0.4, -0.2) is 49.3 Å². The van der Waals surface area contributed by atoms with Crippen molar-refractivity contribution in [2.75, 3.05) is 26.2 Å². The Morgan fingerprint density at radius 2 is 2.12 bits per heavy atom. The molecule has 2 atom stereocenters. The van der Waals surface area contributed by atoms with Gasteiger partial charge in [-0.3, -0.25) is 0 Å². The molecule has 0 aliphatic carbocycles. The number of hydrogen-bond donors (Lipinski definition) is 2. The molecule has 3 aliphatic rings. The molecule has 0 aromatic heterocycles. The highest BCUT2D eigenvalue weighted by Crippen LogP contribution is 2.28. The van der Waals surface area contributed by atoms with E-state index in [-0.39, 0.29) is 12.1 Å². The number of carbonyl (C=O) groups is 1. The van der Waals surface area contributed by atoms with Crippen LogP contribution in [0.5, 0.6) is 5.75 Å². The number of rotatable bonds is 2. The Hall–Kier alpha value is -1.46. The number of benzene rings is 1. The molecule has 0 spiro atoms. The predicted molar refractivity (Wildman–Crippen MR) is 98.3 cm³/mol. The highest BCUT2D eigenvalue weighted by Gasteiger charge is 2.31. The fraction of sp³-hybridized carbons (Fsp3) is 0.632. The van der Waals surface area contributed by atoms with Crippen molar-refractivity contribution in [3.8, 4) is 5.75 Å². The molecule has 1 aromatic rings. The Morgan fingerprint density at radius 1 is 1.28 bits per heavy atom. The summed E-state index contributed by atoms with van der Waals surface area (Å²) in [6, 6.07) is 6.43. The van der Waals surface area contributed by atoms with Gasteiger partial charge in [0.25, 0.3) is 0 Å². The number of ether oxygens (including phenoxy) is 1. The van der Waals surface area contributed by atoms with Crippen molar-refractivity contribution in [2.45, 2.75) is 44.2 Å². The van der Waals surface area contributed by atoms with E-state index < -0.39 is 0 Å². The summed E-state index contributed by atoms with van der Waals surface area (Å²) in [7, 11) is 0. The Morgan fingerprint density at radius 3 is 2.88 bits per heavy atom. The van der Waals surface area contributed by atoms with Crippen LogP contribution in [-0.2, 0) is 6.42 Å². The minimum absolute atomic E-state index is 0.0235. The van der Waals surface area contributed by atoms with Gasteiger partial charge in [-0.25, -0.2) is 4.79 Å². The van der Waals surface area contributed by atoms with Gasteiger partial charge in [-0.15, -0.1) is 0 Å². The fourth-order valence-electron chi connectivity index (χ4n) is 4.32. The van der Waals surface area contributed by atoms with Crippen molar-refractivity contribution in [1.82, 2.24) is 15.5 Å². The summed E-state index contributed by atoms with van der Waals surface area (Å²) in [5, 5.41) is 7.43. The van der Waals surface area contributed by atoms with Crippen LogP contribution >= 0.6 is 11.6 Å². The number of carbonyl (C=O) groups excluding carboxylic acids is 1. The van der Waals surface area contributed by atoms with Crippen LogP contribution < -0.4 is 15.4 Å². The second-order valence-corrected chi connectivity index (χ2v) is 7.88. The monoisotopic (exact) mass is 363 g/mol. The number of nitrogens with zero attached hydrogens (tertiary/aromatic N) is 1. The summed E-state index contributed by atoms with van der Waals surface area (Å²) in [5.41, 5.74) is 1.10. The second kappa shape index (κ2) is 7.42. The van der Waals surface area contributed by atoms with Gasteiger partial charge in [0.05, 0.1) is 6.04 Å². The van der Waals surface area contributed by atoms with Crippen molar-refractivity contribution in [3.63, 3.8) is 0 Å². The minimum atomic E-state index is 0.0235. The van der Waals surface area contributed by atoms with E-state index in [0.29, 0.717) is 17.7 Å². The van der Waals surface area contributed by atoms with Crippen LogP contribution in [0.1, 0.15) is 31.2 Å². The summed E-state index contributed by atoms with van der Waals surface area (Å²) < 4.78 is 5.76. The molecule has 0 radical (unpaired) electrons. The molecular weight excluding hydrogens is 338 g/mol. The van der Waals surface area contributed by atoms with E-state index in [4.69, 9.17) is 16.3 Å². The molecule has 3 aliphatic heterocycles. The maximum atomic E-state index is 12.6. The number of halogens is 1. The summed E-state index contributed by atoms with van der Waals surface area (Å²) in [5.74, 6) is 1.56. The first kappa shape index (κ1) is 17.0. The lowest BCUT2D eigenvalue weighted by Gasteiger charge is -2.36. The van der Waals surface area contributed by atoms with Crippen LogP contribution in [0.25, 0.3) is 0 Å². The summed E-state index contributed by atoms with van der Waals surface area (Å²) >= 11 is 6.00. The van der Waals surface area contributed by atoms with Gasteiger partial charge in [0, 0.05) is 24.2 Å².